The number of aliphatic hydroxyl groups excluding tert-OH is 8. The Bertz CT molecular complexity index is 4900. The monoisotopic (exact) mass is 1470 g/mol. The maximum atomic E-state index is 10.9. The molecule has 4 aromatic carbocycles. The Labute approximate surface area is 599 Å². The first-order chi connectivity index (χ1) is 49.6. The van der Waals surface area contributed by atoms with E-state index in [9.17, 15) is 51.0 Å². The molecule has 0 unspecified atom stereocenters. The van der Waals surface area contributed by atoms with Crippen LogP contribution in [0.25, 0.3) is 88.6 Å². The summed E-state index contributed by atoms with van der Waals surface area (Å²) in [5.41, 5.74) is 34.2. The van der Waals surface area contributed by atoms with Gasteiger partial charge in [-0.3, -0.25) is 10.1 Å². The second-order valence-corrected chi connectivity index (χ2v) is 26.2. The minimum Gasteiger partial charge on any atom is -0.394 e. The van der Waals surface area contributed by atoms with Crippen LogP contribution in [0.15, 0.2) is 141 Å². The highest BCUT2D eigenvalue weighted by Gasteiger charge is 2.40. The molecule has 0 saturated carbocycles. The number of hydrogen-bond donors (Lipinski definition) is 12. The van der Waals surface area contributed by atoms with Crippen molar-refractivity contribution in [2.75, 3.05) is 49.4 Å². The van der Waals surface area contributed by atoms with Crippen molar-refractivity contribution in [2.45, 2.75) is 106 Å². The average molecular weight is 1470 g/mol. The number of nitrogens with zero attached hydrogens (tertiary/aromatic N) is 13. The molecule has 4 saturated heterocycles. The molecule has 0 aliphatic carbocycles. The number of fused-ring (bicyclic) bond motifs is 4. The van der Waals surface area contributed by atoms with Crippen molar-refractivity contribution in [2.24, 2.45) is 0 Å². The zero-order chi connectivity index (χ0) is 72.7. The standard InChI is InChI=1S/C18H20N4O3.C17H16Cl2N4O3.C17H17ClN4O3.C17H17N5O5/c1-10-2-4-11(5-3-10)13-7-22(17-15(13)16(19)20-9-21-17)18-14(24)6-12(8-23)25-18;18-11-2-1-8(3-12(11)19)10-5-23(16-14(10)15(20)21-7-22-16)17-13(25)4-9(6-24)26-17;18-10-3-1-9(2-4-10)12-6-22(16-14(12)15(19)20-8-21-16)17-13(24)5-11(7-23)25-17;18-15-14-12(9-1-3-10(4-2-9)22(25)26)6-21(16(14)20-8-19-15)17-13(24)5-11(7-23)27-17/h2-5,7,9,12,14,18,23-24H,6,8H2,1H3,(H2,19,20,21);1-3,5,7,9,13,17,24-25H,4,6H2,(H2,20,21,22);1-4,6,8,11,13,17,23-24H,5,7H2,(H2,19,20,21);1-4,6,8,11,13,17,23-24H,5,7H2,(H2,18,19,20)/t12-,14+,18+;9-,13+,17+;2*11-,13+,17+/m0000/s1. The van der Waals surface area contributed by atoms with Crippen molar-refractivity contribution in [1.29, 1.82) is 0 Å². The molecule has 12 heterocycles. The SMILES string of the molecule is Cc1ccc(-c2cn([C@@H]3O[C@H](CO)C[C@H]3O)c3ncnc(N)c23)cc1.Nc1ncnc2c1c(-c1ccc(Cl)c(Cl)c1)cn2[C@@H]1O[C@H](CO)C[C@H]1O.Nc1ncnc2c1c(-c1ccc(Cl)cc1)cn2[C@@H]1O[C@H](CO)C[C@H]1O.Nc1ncnc2c1c(-c1ccc([N+](=O)[O-])cc1)cn2[C@@H]1O[C@H](CO)C[C@H]1O. The first-order valence-electron chi connectivity index (χ1n) is 32.4. The number of aryl methyl sites for hydroxylation is 1. The molecular formula is C69H70Cl3N17O14. The van der Waals surface area contributed by atoms with Gasteiger partial charge in [0.15, 0.2) is 24.9 Å². The number of nitro benzene ring substituents is 1. The fourth-order valence-electron chi connectivity index (χ4n) is 13.3. The second-order valence-electron chi connectivity index (χ2n) is 25.0. The summed E-state index contributed by atoms with van der Waals surface area (Å²) >= 11 is 18.1. The summed E-state index contributed by atoms with van der Waals surface area (Å²) in [5.74, 6) is 1.28. The fraction of sp³-hybridized carbons (Fsp3) is 0.304. The maximum Gasteiger partial charge on any atom is 0.269 e. The van der Waals surface area contributed by atoms with Crippen LogP contribution in [0.1, 0.15) is 56.2 Å². The van der Waals surface area contributed by atoms with E-state index in [4.69, 9.17) is 76.7 Å². The van der Waals surface area contributed by atoms with Gasteiger partial charge in [0, 0.05) is 89.9 Å². The minimum atomic E-state index is -0.821. The van der Waals surface area contributed by atoms with Crippen molar-refractivity contribution >= 4 is 108 Å². The molecule has 34 heteroatoms. The van der Waals surface area contributed by atoms with E-state index in [0.717, 1.165) is 44.3 Å². The molecule has 0 spiro atoms. The summed E-state index contributed by atoms with van der Waals surface area (Å²) in [5, 5.41) is 93.7. The molecular weight excluding hydrogens is 1400 g/mol. The quantitative estimate of drug-likeness (QED) is 0.0393. The summed E-state index contributed by atoms with van der Waals surface area (Å²) < 4.78 is 29.9. The zero-order valence-electron chi connectivity index (χ0n) is 54.6. The van der Waals surface area contributed by atoms with E-state index in [0.29, 0.717) is 108 Å². The number of rotatable bonds is 13. The van der Waals surface area contributed by atoms with Crippen molar-refractivity contribution in [3.63, 3.8) is 0 Å². The Balaban J connectivity index is 0.000000122. The molecule has 0 amide bonds. The van der Waals surface area contributed by atoms with Gasteiger partial charge >= 0.3 is 0 Å². The summed E-state index contributed by atoms with van der Waals surface area (Å²) in [4.78, 5) is 44.0. The zero-order valence-corrected chi connectivity index (χ0v) is 56.9. The van der Waals surface area contributed by atoms with Crippen LogP contribution in [0.4, 0.5) is 29.0 Å². The van der Waals surface area contributed by atoms with Gasteiger partial charge in [-0.15, -0.1) is 0 Å². The van der Waals surface area contributed by atoms with Crippen LogP contribution in [-0.4, -0.2) is 179 Å². The molecule has 12 aromatic rings. The van der Waals surface area contributed by atoms with Gasteiger partial charge in [-0.25, -0.2) is 39.9 Å². The molecule has 0 bridgehead atoms. The number of ether oxygens (including phenoxy) is 4. The van der Waals surface area contributed by atoms with Crippen molar-refractivity contribution in [1.82, 2.24) is 58.1 Å². The van der Waals surface area contributed by atoms with Crippen LogP contribution >= 0.6 is 34.8 Å². The van der Waals surface area contributed by atoms with Crippen LogP contribution in [-0.2, 0) is 18.9 Å². The molecule has 536 valence electrons. The number of aromatic nitrogens is 12. The van der Waals surface area contributed by atoms with Gasteiger partial charge in [0.25, 0.3) is 5.69 Å². The molecule has 16 N–H and O–H groups in total. The third kappa shape index (κ3) is 14.3. The Kier molecular flexibility index (Phi) is 21.1. The molecule has 4 aliphatic rings. The smallest absolute Gasteiger partial charge is 0.269 e. The molecule has 16 rings (SSSR count). The molecule has 12 atom stereocenters. The number of anilines is 4. The molecule has 0 radical (unpaired) electrons. The molecule has 31 nitrogen and oxygen atoms in total. The van der Waals surface area contributed by atoms with Gasteiger partial charge in [-0.2, -0.15) is 0 Å². The summed E-state index contributed by atoms with van der Waals surface area (Å²) in [6.07, 6.45) is 6.63. The summed E-state index contributed by atoms with van der Waals surface area (Å²) in [7, 11) is 0. The molecule has 103 heavy (non-hydrogen) atoms. The van der Waals surface area contributed by atoms with E-state index in [1.54, 1.807) is 67.1 Å². The van der Waals surface area contributed by atoms with Gasteiger partial charge in [-0.1, -0.05) is 82.8 Å². The van der Waals surface area contributed by atoms with Gasteiger partial charge in [0.2, 0.25) is 0 Å². The van der Waals surface area contributed by atoms with Crippen LogP contribution in [0, 0.1) is 17.0 Å². The predicted molar refractivity (Wildman–Crippen MR) is 382 cm³/mol. The van der Waals surface area contributed by atoms with Gasteiger partial charge in [-0.05, 0) is 65.6 Å². The average Bonchev–Trinajstić information content (AvgIpc) is 1.63. The van der Waals surface area contributed by atoms with E-state index >= 15 is 0 Å². The second kappa shape index (κ2) is 30.3. The number of aliphatic hydroxyl groups is 8. The van der Waals surface area contributed by atoms with E-state index in [1.807, 2.05) is 61.8 Å². The van der Waals surface area contributed by atoms with Crippen molar-refractivity contribution < 1.29 is 64.7 Å². The van der Waals surface area contributed by atoms with Crippen molar-refractivity contribution in [3.05, 3.63) is 172 Å². The predicted octanol–water partition coefficient (Wildman–Crippen LogP) is 7.46. The number of benzene rings is 4. The number of nitrogen functional groups attached to an aromatic ring is 4. The number of hydrogen-bond acceptors (Lipinski definition) is 26. The lowest BCUT2D eigenvalue weighted by atomic mass is 10.0. The first kappa shape index (κ1) is 71.7. The summed E-state index contributed by atoms with van der Waals surface area (Å²) in [6.45, 7) is 1.40. The maximum absolute atomic E-state index is 10.9. The van der Waals surface area contributed by atoms with E-state index in [-0.39, 0.29) is 44.0 Å². The third-order valence-corrected chi connectivity index (χ3v) is 19.3. The topological polar surface area (TPSA) is 469 Å². The summed E-state index contributed by atoms with van der Waals surface area (Å²) in [6, 6.07) is 26.7. The highest BCUT2D eigenvalue weighted by Crippen LogP contribution is 2.44. The highest BCUT2D eigenvalue weighted by atomic mass is 35.5. The Hall–Kier alpha value is -9.65. The Morgan fingerprint density at radius 3 is 0.990 bits per heavy atom. The van der Waals surface area contributed by atoms with Gasteiger partial charge in [0.05, 0.1) is 87.4 Å². The number of nitro groups is 1. The molecule has 8 aromatic heterocycles. The number of nitrogens with two attached hydrogens (primary N) is 4. The van der Waals surface area contributed by atoms with E-state index in [2.05, 4.69) is 39.9 Å². The van der Waals surface area contributed by atoms with Crippen LogP contribution in [0.5, 0.6) is 0 Å². The van der Waals surface area contributed by atoms with E-state index < -0.39 is 72.6 Å². The lowest BCUT2D eigenvalue weighted by molar-refractivity contribution is -0.384. The van der Waals surface area contributed by atoms with Gasteiger partial charge in [0.1, 0.15) is 95.6 Å². The largest absolute Gasteiger partial charge is 0.394 e. The Morgan fingerprint density at radius 1 is 0.427 bits per heavy atom. The van der Waals surface area contributed by atoms with Gasteiger partial charge < -0.3 is 101 Å². The van der Waals surface area contributed by atoms with Crippen LogP contribution in [0.3, 0.4) is 0 Å². The van der Waals surface area contributed by atoms with Crippen LogP contribution in [0.2, 0.25) is 15.1 Å². The lowest BCUT2D eigenvalue weighted by Crippen LogP contribution is -2.19. The lowest BCUT2D eigenvalue weighted by Gasteiger charge is -2.17. The highest BCUT2D eigenvalue weighted by molar-refractivity contribution is 6.42. The molecule has 4 aliphatic heterocycles. The van der Waals surface area contributed by atoms with E-state index in [1.165, 1.54) is 37.4 Å². The van der Waals surface area contributed by atoms with Crippen molar-refractivity contribution in [3.8, 4) is 44.5 Å². The third-order valence-electron chi connectivity index (χ3n) is 18.3. The molecule has 4 fully saturated rings. The Morgan fingerprint density at radius 2 is 0.709 bits per heavy atom. The fourth-order valence-corrected chi connectivity index (χ4v) is 13.7. The number of halogens is 3. The first-order valence-corrected chi connectivity index (χ1v) is 33.5. The normalized spacial score (nSPS) is 23.0. The van der Waals surface area contributed by atoms with Crippen LogP contribution < -0.4 is 22.9 Å². The minimum absolute atomic E-state index is 0.0213. The number of non-ortho nitro benzene ring substituents is 1.